The van der Waals surface area contributed by atoms with Gasteiger partial charge in [-0.25, -0.2) is 0 Å². The Balaban J connectivity index is 2.00. The molecule has 3 rings (SSSR count). The Hall–Kier alpha value is -2.16. The van der Waals surface area contributed by atoms with E-state index in [9.17, 15) is 4.79 Å². The molecule has 1 aliphatic rings. The second-order valence-electron chi connectivity index (χ2n) is 5.12. The van der Waals surface area contributed by atoms with Gasteiger partial charge in [-0.2, -0.15) is 0 Å². The van der Waals surface area contributed by atoms with E-state index in [0.717, 1.165) is 41.7 Å². The van der Waals surface area contributed by atoms with E-state index in [1.807, 2.05) is 30.3 Å². The van der Waals surface area contributed by atoms with Gasteiger partial charge in [-0.05, 0) is 54.7 Å². The Kier molecular flexibility index (Phi) is 3.50. The predicted octanol–water partition coefficient (Wildman–Crippen LogP) is 3.39. The molecule has 1 unspecified atom stereocenters. The van der Waals surface area contributed by atoms with Crippen LogP contribution in [0.5, 0.6) is 5.75 Å². The Morgan fingerprint density at radius 1 is 1.30 bits per heavy atom. The number of hydrogen-bond donors (Lipinski definition) is 0. The number of fused-ring (bicyclic) bond motifs is 1. The number of methoxy groups -OCH3 is 1. The van der Waals surface area contributed by atoms with Gasteiger partial charge in [0.25, 0.3) is 0 Å². The highest BCUT2D eigenvalue weighted by molar-refractivity contribution is 6.02. The van der Waals surface area contributed by atoms with Crippen LogP contribution in [0.15, 0.2) is 42.7 Å². The SMILES string of the molecule is COc1ccc2c(c1)CCCC(c1cccnc1)C2=O. The summed E-state index contributed by atoms with van der Waals surface area (Å²) in [6.45, 7) is 0. The summed E-state index contributed by atoms with van der Waals surface area (Å²) in [6.07, 6.45) is 6.35. The zero-order chi connectivity index (χ0) is 13.9. The molecule has 1 aromatic carbocycles. The van der Waals surface area contributed by atoms with Crippen LogP contribution in [0.4, 0.5) is 0 Å². The van der Waals surface area contributed by atoms with Gasteiger partial charge in [-0.3, -0.25) is 9.78 Å². The minimum Gasteiger partial charge on any atom is -0.497 e. The fraction of sp³-hybridized carbons (Fsp3) is 0.294. The smallest absolute Gasteiger partial charge is 0.170 e. The molecule has 0 spiro atoms. The first-order valence-corrected chi connectivity index (χ1v) is 6.90. The number of carbonyl (C=O) groups excluding carboxylic acids is 1. The maximum Gasteiger partial charge on any atom is 0.170 e. The number of nitrogens with zero attached hydrogens (tertiary/aromatic N) is 1. The average molecular weight is 267 g/mol. The van der Waals surface area contributed by atoms with Crippen molar-refractivity contribution in [1.82, 2.24) is 4.98 Å². The number of carbonyl (C=O) groups is 1. The molecule has 0 fully saturated rings. The Morgan fingerprint density at radius 2 is 2.20 bits per heavy atom. The average Bonchev–Trinajstić information content (AvgIpc) is 2.67. The monoisotopic (exact) mass is 267 g/mol. The van der Waals surface area contributed by atoms with E-state index in [4.69, 9.17) is 4.74 Å². The lowest BCUT2D eigenvalue weighted by Gasteiger charge is -2.13. The molecule has 0 saturated heterocycles. The summed E-state index contributed by atoms with van der Waals surface area (Å²) in [7, 11) is 1.65. The van der Waals surface area contributed by atoms with E-state index in [1.54, 1.807) is 19.5 Å². The van der Waals surface area contributed by atoms with Crippen molar-refractivity contribution in [3.8, 4) is 5.75 Å². The maximum absolute atomic E-state index is 12.8. The molecule has 0 aliphatic heterocycles. The summed E-state index contributed by atoms with van der Waals surface area (Å²) in [5, 5.41) is 0. The minimum absolute atomic E-state index is 0.0710. The van der Waals surface area contributed by atoms with Crippen LogP contribution >= 0.6 is 0 Å². The van der Waals surface area contributed by atoms with Crippen molar-refractivity contribution in [3.63, 3.8) is 0 Å². The fourth-order valence-corrected chi connectivity index (χ4v) is 2.86. The molecule has 0 N–H and O–H groups in total. The molecule has 0 amide bonds. The lowest BCUT2D eigenvalue weighted by Crippen LogP contribution is -2.12. The molecule has 0 bridgehead atoms. The normalized spacial score (nSPS) is 18.2. The number of ketones is 1. The van der Waals surface area contributed by atoms with Gasteiger partial charge < -0.3 is 4.74 Å². The van der Waals surface area contributed by atoms with Gasteiger partial charge in [0, 0.05) is 23.9 Å². The molecule has 102 valence electrons. The zero-order valence-corrected chi connectivity index (χ0v) is 11.5. The van der Waals surface area contributed by atoms with Crippen LogP contribution in [-0.2, 0) is 6.42 Å². The summed E-state index contributed by atoms with van der Waals surface area (Å²) < 4.78 is 5.25. The number of pyridine rings is 1. The molecule has 1 aromatic heterocycles. The van der Waals surface area contributed by atoms with Crippen molar-refractivity contribution in [2.45, 2.75) is 25.2 Å². The number of hydrogen-bond acceptors (Lipinski definition) is 3. The van der Waals surface area contributed by atoms with Crippen LogP contribution in [0, 0.1) is 0 Å². The first-order valence-electron chi connectivity index (χ1n) is 6.90. The van der Waals surface area contributed by atoms with Gasteiger partial charge in [-0.15, -0.1) is 0 Å². The molecule has 0 saturated carbocycles. The second-order valence-corrected chi connectivity index (χ2v) is 5.12. The lowest BCUT2D eigenvalue weighted by molar-refractivity contribution is 0.0957. The standard InChI is InChI=1S/C17H17NO2/c1-20-14-7-8-16-12(10-14)4-2-6-15(17(16)19)13-5-3-9-18-11-13/h3,5,7-11,15H,2,4,6H2,1H3. The summed E-state index contributed by atoms with van der Waals surface area (Å²) in [6, 6.07) is 9.62. The molecule has 3 heteroatoms. The summed E-state index contributed by atoms with van der Waals surface area (Å²) in [5.41, 5.74) is 2.94. The van der Waals surface area contributed by atoms with Crippen molar-refractivity contribution in [3.05, 3.63) is 59.4 Å². The lowest BCUT2D eigenvalue weighted by atomic mass is 9.89. The molecule has 1 heterocycles. The van der Waals surface area contributed by atoms with Crippen molar-refractivity contribution < 1.29 is 9.53 Å². The first kappa shape index (κ1) is 12.9. The molecule has 2 aromatic rings. The van der Waals surface area contributed by atoms with Gasteiger partial charge in [0.1, 0.15) is 5.75 Å². The highest BCUT2D eigenvalue weighted by atomic mass is 16.5. The Morgan fingerprint density at radius 3 is 2.95 bits per heavy atom. The van der Waals surface area contributed by atoms with Crippen LogP contribution in [-0.4, -0.2) is 17.9 Å². The predicted molar refractivity (Wildman–Crippen MR) is 77.2 cm³/mol. The third-order valence-electron chi connectivity index (χ3n) is 3.92. The quantitative estimate of drug-likeness (QED) is 0.783. The number of benzene rings is 1. The summed E-state index contributed by atoms with van der Waals surface area (Å²) in [4.78, 5) is 16.9. The molecular formula is C17H17NO2. The fourth-order valence-electron chi connectivity index (χ4n) is 2.86. The highest BCUT2D eigenvalue weighted by Crippen LogP contribution is 2.32. The van der Waals surface area contributed by atoms with E-state index in [0.29, 0.717) is 0 Å². The number of rotatable bonds is 2. The van der Waals surface area contributed by atoms with Gasteiger partial charge in [0.15, 0.2) is 5.78 Å². The molecule has 1 atom stereocenters. The zero-order valence-electron chi connectivity index (χ0n) is 11.5. The second kappa shape index (κ2) is 5.45. The molecule has 0 radical (unpaired) electrons. The number of aryl methyl sites for hydroxylation is 1. The number of aromatic nitrogens is 1. The number of ether oxygens (including phenoxy) is 1. The molecular weight excluding hydrogens is 250 g/mol. The Bertz CT molecular complexity index is 622. The largest absolute Gasteiger partial charge is 0.497 e. The number of Topliss-reactive ketones (excluding diaryl/α,β-unsaturated/α-hetero) is 1. The first-order chi connectivity index (χ1) is 9.79. The Labute approximate surface area is 118 Å². The van der Waals surface area contributed by atoms with Crippen molar-refractivity contribution in [1.29, 1.82) is 0 Å². The van der Waals surface area contributed by atoms with E-state index in [-0.39, 0.29) is 11.7 Å². The highest BCUT2D eigenvalue weighted by Gasteiger charge is 2.27. The molecule has 3 nitrogen and oxygen atoms in total. The van der Waals surface area contributed by atoms with E-state index in [1.165, 1.54) is 0 Å². The molecule has 1 aliphatic carbocycles. The van der Waals surface area contributed by atoms with Gasteiger partial charge in [0.05, 0.1) is 7.11 Å². The van der Waals surface area contributed by atoms with Crippen LogP contribution in [0.2, 0.25) is 0 Å². The van der Waals surface area contributed by atoms with Crippen LogP contribution < -0.4 is 4.74 Å². The van der Waals surface area contributed by atoms with E-state index in [2.05, 4.69) is 4.98 Å². The van der Waals surface area contributed by atoms with Crippen molar-refractivity contribution >= 4 is 5.78 Å². The molecule has 20 heavy (non-hydrogen) atoms. The topological polar surface area (TPSA) is 39.2 Å². The maximum atomic E-state index is 12.8. The van der Waals surface area contributed by atoms with Crippen molar-refractivity contribution in [2.24, 2.45) is 0 Å². The van der Waals surface area contributed by atoms with Crippen molar-refractivity contribution in [2.75, 3.05) is 7.11 Å². The van der Waals surface area contributed by atoms with Crippen LogP contribution in [0.25, 0.3) is 0 Å². The van der Waals surface area contributed by atoms with Gasteiger partial charge >= 0.3 is 0 Å². The van der Waals surface area contributed by atoms with Crippen LogP contribution in [0.3, 0.4) is 0 Å². The van der Waals surface area contributed by atoms with Gasteiger partial charge in [0.2, 0.25) is 0 Å². The van der Waals surface area contributed by atoms with Gasteiger partial charge in [-0.1, -0.05) is 6.07 Å². The summed E-state index contributed by atoms with van der Waals surface area (Å²) in [5.74, 6) is 0.947. The third kappa shape index (κ3) is 2.31. The summed E-state index contributed by atoms with van der Waals surface area (Å²) >= 11 is 0. The van der Waals surface area contributed by atoms with Crippen LogP contribution in [0.1, 0.15) is 40.2 Å². The van der Waals surface area contributed by atoms with E-state index < -0.39 is 0 Å². The minimum atomic E-state index is -0.0710. The third-order valence-corrected chi connectivity index (χ3v) is 3.92. The van der Waals surface area contributed by atoms with E-state index >= 15 is 0 Å².